The second kappa shape index (κ2) is 14.3. The maximum Gasteiger partial charge on any atom is 0.222 e. The number of carbonyl (C=O) groups is 1. The smallest absolute Gasteiger partial charge is 0.222 e. The summed E-state index contributed by atoms with van der Waals surface area (Å²) < 4.78 is 13.2. The van der Waals surface area contributed by atoms with Gasteiger partial charge in [-0.15, -0.1) is 0 Å². The maximum atomic E-state index is 13.2. The van der Waals surface area contributed by atoms with E-state index in [4.69, 9.17) is 0 Å². The highest BCUT2D eigenvalue weighted by Gasteiger charge is 2.20. The summed E-state index contributed by atoms with van der Waals surface area (Å²) in [7, 11) is 1.71. The van der Waals surface area contributed by atoms with Crippen molar-refractivity contribution >= 4 is 23.3 Å². The van der Waals surface area contributed by atoms with E-state index in [2.05, 4.69) is 39.8 Å². The third kappa shape index (κ3) is 8.89. The first-order chi connectivity index (χ1) is 16.8. The minimum absolute atomic E-state index is 0.194. The first-order valence-corrected chi connectivity index (χ1v) is 12.5. The summed E-state index contributed by atoms with van der Waals surface area (Å²) in [4.78, 5) is 28.8. The average Bonchev–Trinajstić information content (AvgIpc) is 2.87. The second-order valence-electron chi connectivity index (χ2n) is 8.87. The van der Waals surface area contributed by atoms with Crippen LogP contribution >= 0.6 is 0 Å². The number of anilines is 1. The van der Waals surface area contributed by atoms with Crippen molar-refractivity contribution in [2.45, 2.75) is 60.3 Å². The molecule has 6 nitrogen and oxygen atoms in total. The number of hydrogen-bond donors (Lipinski definition) is 0. The van der Waals surface area contributed by atoms with Gasteiger partial charge in [-0.2, -0.15) is 0 Å². The van der Waals surface area contributed by atoms with Crippen molar-refractivity contribution < 1.29 is 9.18 Å². The largest absolute Gasteiger partial charge is 0.353 e. The molecule has 35 heavy (non-hydrogen) atoms. The molecule has 0 saturated carbocycles. The first kappa shape index (κ1) is 28.1. The van der Waals surface area contributed by atoms with E-state index in [1.165, 1.54) is 11.6 Å². The molecule has 1 aromatic carbocycles. The molecule has 2 heterocycles. The average molecular weight is 482 g/mol. The predicted octanol–water partition coefficient (Wildman–Crippen LogP) is 5.61. The minimum atomic E-state index is -0.194. The molecule has 7 heteroatoms. The Hall–Kier alpha value is -3.09. The van der Waals surface area contributed by atoms with E-state index in [1.54, 1.807) is 26.1 Å². The number of rotatable bonds is 6. The van der Waals surface area contributed by atoms with Gasteiger partial charge in [0.25, 0.3) is 0 Å². The van der Waals surface area contributed by atoms with Gasteiger partial charge in [-0.25, -0.2) is 14.4 Å². The Morgan fingerprint density at radius 1 is 1.09 bits per heavy atom. The number of piperazine rings is 1. The third-order valence-corrected chi connectivity index (χ3v) is 5.98. The van der Waals surface area contributed by atoms with Gasteiger partial charge in [-0.1, -0.05) is 20.3 Å². The molecule has 1 aromatic heterocycles. The van der Waals surface area contributed by atoms with Gasteiger partial charge in [-0.3, -0.25) is 9.79 Å². The predicted molar refractivity (Wildman–Crippen MR) is 144 cm³/mol. The van der Waals surface area contributed by atoms with Crippen LogP contribution in [0.3, 0.4) is 0 Å². The summed E-state index contributed by atoms with van der Waals surface area (Å²) in [5.41, 5.74) is 3.78. The summed E-state index contributed by atoms with van der Waals surface area (Å²) >= 11 is 0. The Labute approximate surface area is 210 Å². The van der Waals surface area contributed by atoms with Crippen molar-refractivity contribution in [2.75, 3.05) is 38.1 Å². The van der Waals surface area contributed by atoms with Crippen molar-refractivity contribution in [1.82, 2.24) is 9.88 Å². The lowest BCUT2D eigenvalue weighted by molar-refractivity contribution is -0.131. The molecule has 0 unspecified atom stereocenters. The number of halogens is 1. The highest BCUT2D eigenvalue weighted by Crippen LogP contribution is 2.15. The van der Waals surface area contributed by atoms with E-state index in [9.17, 15) is 9.18 Å². The molecule has 1 saturated heterocycles. The monoisotopic (exact) mass is 481 g/mol. The Bertz CT molecular complexity index is 1030. The van der Waals surface area contributed by atoms with Gasteiger partial charge in [0.15, 0.2) is 5.84 Å². The molecule has 3 rings (SSSR count). The Balaban J connectivity index is 0.000000247. The highest BCUT2D eigenvalue weighted by molar-refractivity contribution is 6.06. The standard InChI is InChI=1S/C15H21FN2.C13H19N3O/c1-5-6-7-12(3)18-15(17-4)13-8-9-14(16)11(2)10-13;1-3-13(17)16-8-6-15(7-9-16)12-10-11(2)4-5-14-12/h8-10H,5-7H2,1-4H3;4-5,10H,3,6-9H2,1-2H3. The van der Waals surface area contributed by atoms with Crippen molar-refractivity contribution in [1.29, 1.82) is 0 Å². The normalized spacial score (nSPS) is 14.5. The van der Waals surface area contributed by atoms with Crippen LogP contribution in [0.4, 0.5) is 10.2 Å². The fraction of sp³-hybridized carbons (Fsp3) is 0.500. The number of hydrogen-bond acceptors (Lipinski definition) is 4. The minimum Gasteiger partial charge on any atom is -0.353 e. The van der Waals surface area contributed by atoms with Crippen LogP contribution in [0.25, 0.3) is 0 Å². The van der Waals surface area contributed by atoms with Crippen LogP contribution in [-0.4, -0.2) is 60.6 Å². The van der Waals surface area contributed by atoms with Crippen LogP contribution in [-0.2, 0) is 4.79 Å². The lowest BCUT2D eigenvalue weighted by atomic mass is 10.1. The van der Waals surface area contributed by atoms with Crippen molar-refractivity contribution in [3.8, 4) is 0 Å². The van der Waals surface area contributed by atoms with Crippen molar-refractivity contribution in [3.05, 3.63) is 59.0 Å². The molecule has 1 aliphatic rings. The van der Waals surface area contributed by atoms with Gasteiger partial charge < -0.3 is 9.80 Å². The summed E-state index contributed by atoms with van der Waals surface area (Å²) in [5.74, 6) is 1.75. The summed E-state index contributed by atoms with van der Waals surface area (Å²) in [6.45, 7) is 13.3. The maximum absolute atomic E-state index is 13.2. The zero-order chi connectivity index (χ0) is 25.8. The first-order valence-electron chi connectivity index (χ1n) is 12.5. The fourth-order valence-corrected chi connectivity index (χ4v) is 3.80. The van der Waals surface area contributed by atoms with E-state index in [0.717, 1.165) is 62.5 Å². The van der Waals surface area contributed by atoms with Gasteiger partial charge in [0.05, 0.1) is 0 Å². The Morgan fingerprint density at radius 3 is 2.37 bits per heavy atom. The number of benzene rings is 1. The van der Waals surface area contributed by atoms with Crippen LogP contribution in [0, 0.1) is 19.7 Å². The Kier molecular flexibility index (Phi) is 11.5. The lowest BCUT2D eigenvalue weighted by Crippen LogP contribution is -2.48. The SMILES string of the molecule is CCC(=O)N1CCN(c2cc(C)ccn2)CC1.CCCCC(C)=NC(=NC)c1ccc(F)c(C)c1. The second-order valence-corrected chi connectivity index (χ2v) is 8.87. The molecule has 1 amide bonds. The molecular formula is C28H40FN5O. The number of pyridine rings is 1. The molecular weight excluding hydrogens is 441 g/mol. The number of aryl methyl sites for hydroxylation is 2. The number of aromatic nitrogens is 1. The topological polar surface area (TPSA) is 61.2 Å². The van der Waals surface area contributed by atoms with E-state index >= 15 is 0 Å². The molecule has 0 bridgehead atoms. The van der Waals surface area contributed by atoms with Crippen LogP contribution in [0.1, 0.15) is 63.1 Å². The van der Waals surface area contributed by atoms with Gasteiger partial charge in [0, 0.05) is 57.1 Å². The van der Waals surface area contributed by atoms with Crippen LogP contribution in [0.5, 0.6) is 0 Å². The molecule has 2 aromatic rings. The molecule has 0 N–H and O–H groups in total. The zero-order valence-corrected chi connectivity index (χ0v) is 22.1. The molecule has 190 valence electrons. The van der Waals surface area contributed by atoms with Crippen LogP contribution in [0.2, 0.25) is 0 Å². The molecule has 0 radical (unpaired) electrons. The quantitative estimate of drug-likeness (QED) is 0.398. The number of aliphatic imine (C=N–C) groups is 2. The number of carbonyl (C=O) groups excluding carboxylic acids is 1. The van der Waals surface area contributed by atoms with Gasteiger partial charge in [0.1, 0.15) is 11.6 Å². The highest BCUT2D eigenvalue weighted by atomic mass is 19.1. The third-order valence-electron chi connectivity index (χ3n) is 5.98. The fourth-order valence-electron chi connectivity index (χ4n) is 3.80. The van der Waals surface area contributed by atoms with Crippen LogP contribution in [0.15, 0.2) is 46.5 Å². The lowest BCUT2D eigenvalue weighted by Gasteiger charge is -2.35. The van der Waals surface area contributed by atoms with Crippen molar-refractivity contribution in [3.63, 3.8) is 0 Å². The van der Waals surface area contributed by atoms with Crippen molar-refractivity contribution in [2.24, 2.45) is 9.98 Å². The van der Waals surface area contributed by atoms with Crippen LogP contribution < -0.4 is 4.90 Å². The van der Waals surface area contributed by atoms with Gasteiger partial charge in [-0.05, 0) is 75.1 Å². The Morgan fingerprint density at radius 2 is 1.80 bits per heavy atom. The van der Waals surface area contributed by atoms with E-state index in [1.807, 2.05) is 31.0 Å². The number of nitrogens with zero attached hydrogens (tertiary/aromatic N) is 5. The number of amides is 1. The molecule has 1 aliphatic heterocycles. The molecule has 0 atom stereocenters. The molecule has 0 spiro atoms. The van der Waals surface area contributed by atoms with E-state index in [-0.39, 0.29) is 11.7 Å². The summed E-state index contributed by atoms with van der Waals surface area (Å²) in [5, 5.41) is 0. The zero-order valence-electron chi connectivity index (χ0n) is 22.1. The number of amidine groups is 1. The van der Waals surface area contributed by atoms with Gasteiger partial charge in [0.2, 0.25) is 5.91 Å². The summed E-state index contributed by atoms with van der Waals surface area (Å²) in [6.07, 6.45) is 5.71. The molecule has 0 aliphatic carbocycles. The molecule has 1 fully saturated rings. The van der Waals surface area contributed by atoms with Gasteiger partial charge >= 0.3 is 0 Å². The van der Waals surface area contributed by atoms with E-state index in [0.29, 0.717) is 17.8 Å². The summed E-state index contributed by atoms with van der Waals surface area (Å²) in [6, 6.07) is 9.07. The number of unbranched alkanes of at least 4 members (excludes halogenated alkanes) is 1. The van der Waals surface area contributed by atoms with E-state index < -0.39 is 0 Å².